The molecule has 0 spiro atoms. The highest BCUT2D eigenvalue weighted by Crippen LogP contribution is 2.42. The minimum atomic E-state index is -4.76. The maximum absolute atomic E-state index is 14.6. The monoisotopic (exact) mass is 597 g/mol. The van der Waals surface area contributed by atoms with Crippen LogP contribution in [0.1, 0.15) is 70.5 Å². The molecule has 14 heteroatoms. The van der Waals surface area contributed by atoms with Crippen LogP contribution in [-0.4, -0.2) is 25.0 Å². The fourth-order valence-corrected chi connectivity index (χ4v) is 5.99. The lowest BCUT2D eigenvalue weighted by molar-refractivity contribution is -0.139. The van der Waals surface area contributed by atoms with Crippen LogP contribution >= 0.6 is 11.3 Å². The Kier molecular flexibility index (Phi) is 7.70. The standard InChI is InChI=1S/C27H22F7N5OS/c1-14-4-2-6-19(28)22(14)16-9-7-15(8-10-16)17-12-20(23-36-37-25(41-23)27(32,33)34)38-39(24(17)40)13-21-18(26(29,30)31)5-3-11-35-21/h2-6,11-12,15-16H,7-10,13H2,1H3. The van der Waals surface area contributed by atoms with Gasteiger partial charge in [-0.05, 0) is 79.8 Å². The van der Waals surface area contributed by atoms with Crippen molar-refractivity contribution in [2.45, 2.75) is 63.3 Å². The van der Waals surface area contributed by atoms with Gasteiger partial charge in [0.05, 0.1) is 17.8 Å². The second kappa shape index (κ2) is 11.0. The summed E-state index contributed by atoms with van der Waals surface area (Å²) in [5, 5.41) is 9.37. The first-order valence-corrected chi connectivity index (χ1v) is 13.4. The van der Waals surface area contributed by atoms with Gasteiger partial charge in [-0.3, -0.25) is 9.78 Å². The zero-order valence-corrected chi connectivity index (χ0v) is 22.2. The van der Waals surface area contributed by atoms with Gasteiger partial charge in [-0.1, -0.05) is 23.5 Å². The number of hydrogen-bond donors (Lipinski definition) is 0. The number of aryl methyl sites for hydroxylation is 1. The zero-order valence-electron chi connectivity index (χ0n) is 21.4. The van der Waals surface area contributed by atoms with Gasteiger partial charge in [0.2, 0.25) is 5.01 Å². The summed E-state index contributed by atoms with van der Waals surface area (Å²) in [7, 11) is 0. The van der Waals surface area contributed by atoms with E-state index in [1.807, 2.05) is 13.0 Å². The van der Waals surface area contributed by atoms with Gasteiger partial charge in [-0.15, -0.1) is 10.2 Å². The summed E-state index contributed by atoms with van der Waals surface area (Å²) in [5.74, 6) is -0.773. The van der Waals surface area contributed by atoms with Gasteiger partial charge in [-0.2, -0.15) is 31.4 Å². The van der Waals surface area contributed by atoms with Crippen LogP contribution in [0.3, 0.4) is 0 Å². The molecule has 5 rings (SSSR count). The molecule has 6 nitrogen and oxygen atoms in total. The quantitative estimate of drug-likeness (QED) is 0.229. The van der Waals surface area contributed by atoms with Crippen molar-refractivity contribution < 1.29 is 30.7 Å². The Bertz CT molecular complexity index is 1600. The van der Waals surface area contributed by atoms with Crippen molar-refractivity contribution in [2.24, 2.45) is 0 Å². The molecule has 3 heterocycles. The highest BCUT2D eigenvalue weighted by molar-refractivity contribution is 7.14. The molecular weight excluding hydrogens is 575 g/mol. The second-order valence-electron chi connectivity index (χ2n) is 9.87. The van der Waals surface area contributed by atoms with Crippen molar-refractivity contribution in [3.05, 3.63) is 91.7 Å². The fourth-order valence-electron chi connectivity index (χ4n) is 5.33. The molecule has 0 amide bonds. The predicted octanol–water partition coefficient (Wildman–Crippen LogP) is 7.13. The SMILES string of the molecule is Cc1cccc(F)c1C1CCC(c2cc(-c3nnc(C(F)(F)F)s3)nn(Cc3ncccc3C(F)(F)F)c2=O)CC1. The first-order valence-electron chi connectivity index (χ1n) is 12.6. The number of alkyl halides is 6. The highest BCUT2D eigenvalue weighted by Gasteiger charge is 2.37. The number of hydrogen-bond acceptors (Lipinski definition) is 6. The summed E-state index contributed by atoms with van der Waals surface area (Å²) in [6.45, 7) is 1.16. The van der Waals surface area contributed by atoms with Crippen LogP contribution in [0.5, 0.6) is 0 Å². The van der Waals surface area contributed by atoms with Gasteiger partial charge in [-0.25, -0.2) is 9.07 Å². The summed E-state index contributed by atoms with van der Waals surface area (Å²) in [5.41, 5.74) is -0.715. The maximum Gasteiger partial charge on any atom is 0.445 e. The molecule has 216 valence electrons. The summed E-state index contributed by atoms with van der Waals surface area (Å²) in [6, 6.07) is 8.12. The van der Waals surface area contributed by atoms with Crippen molar-refractivity contribution in [1.29, 1.82) is 0 Å². The molecule has 1 saturated carbocycles. The van der Waals surface area contributed by atoms with Crippen molar-refractivity contribution in [2.75, 3.05) is 0 Å². The van der Waals surface area contributed by atoms with E-state index in [4.69, 9.17) is 0 Å². The first-order chi connectivity index (χ1) is 19.3. The molecule has 0 N–H and O–H groups in total. The number of nitrogens with zero attached hydrogens (tertiary/aromatic N) is 5. The second-order valence-corrected chi connectivity index (χ2v) is 10.8. The van der Waals surface area contributed by atoms with E-state index in [1.54, 1.807) is 6.07 Å². The summed E-state index contributed by atoms with van der Waals surface area (Å²) in [6.07, 6.45) is -6.37. The third-order valence-corrected chi connectivity index (χ3v) is 8.22. The van der Waals surface area contributed by atoms with Crippen LogP contribution in [-0.2, 0) is 18.9 Å². The van der Waals surface area contributed by atoms with Crippen LogP contribution in [0.25, 0.3) is 10.7 Å². The number of rotatable bonds is 5. The molecular formula is C27H22F7N5OS. The summed E-state index contributed by atoms with van der Waals surface area (Å²) >= 11 is 0.215. The Labute approximate surface area is 232 Å². The Hall–Kier alpha value is -3.68. The van der Waals surface area contributed by atoms with Gasteiger partial charge in [0.1, 0.15) is 11.5 Å². The van der Waals surface area contributed by atoms with Gasteiger partial charge < -0.3 is 0 Å². The molecule has 4 aromatic rings. The Morgan fingerprint density at radius 3 is 2.29 bits per heavy atom. The van der Waals surface area contributed by atoms with E-state index in [0.717, 1.165) is 28.6 Å². The van der Waals surface area contributed by atoms with E-state index in [9.17, 15) is 35.5 Å². The van der Waals surface area contributed by atoms with E-state index in [2.05, 4.69) is 20.3 Å². The molecule has 0 atom stereocenters. The topological polar surface area (TPSA) is 73.6 Å². The minimum absolute atomic E-state index is 0.0867. The van der Waals surface area contributed by atoms with Crippen LogP contribution in [0.15, 0.2) is 47.4 Å². The number of benzene rings is 1. The molecule has 1 aromatic carbocycles. The fraction of sp³-hybridized carbons (Fsp3) is 0.370. The lowest BCUT2D eigenvalue weighted by Gasteiger charge is -2.30. The normalized spacial score (nSPS) is 18.0. The molecule has 1 aliphatic carbocycles. The zero-order chi connectivity index (χ0) is 29.5. The van der Waals surface area contributed by atoms with Gasteiger partial charge in [0.15, 0.2) is 5.01 Å². The van der Waals surface area contributed by atoms with Gasteiger partial charge in [0.25, 0.3) is 5.56 Å². The van der Waals surface area contributed by atoms with E-state index < -0.39 is 40.7 Å². The number of pyridine rings is 1. The minimum Gasteiger partial charge on any atom is -0.267 e. The molecule has 0 bridgehead atoms. The molecule has 41 heavy (non-hydrogen) atoms. The maximum atomic E-state index is 14.6. The molecule has 3 aromatic heterocycles. The van der Waals surface area contributed by atoms with Crippen LogP contribution in [0.2, 0.25) is 0 Å². The first kappa shape index (κ1) is 28.8. The summed E-state index contributed by atoms with van der Waals surface area (Å²) < 4.78 is 95.8. The third kappa shape index (κ3) is 6.02. The third-order valence-electron chi connectivity index (χ3n) is 7.23. The average Bonchev–Trinajstić information content (AvgIpc) is 3.41. The van der Waals surface area contributed by atoms with Crippen LogP contribution in [0, 0.1) is 12.7 Å². The molecule has 0 unspecified atom stereocenters. The van der Waals surface area contributed by atoms with Crippen molar-refractivity contribution in [3.8, 4) is 10.7 Å². The number of halogens is 7. The predicted molar refractivity (Wildman–Crippen MR) is 136 cm³/mol. The summed E-state index contributed by atoms with van der Waals surface area (Å²) in [4.78, 5) is 17.4. The van der Waals surface area contributed by atoms with Crippen molar-refractivity contribution >= 4 is 11.3 Å². The molecule has 0 saturated heterocycles. The molecule has 1 aliphatic rings. The van der Waals surface area contributed by atoms with E-state index >= 15 is 0 Å². The smallest absolute Gasteiger partial charge is 0.267 e. The average molecular weight is 598 g/mol. The largest absolute Gasteiger partial charge is 0.445 e. The van der Waals surface area contributed by atoms with E-state index in [1.165, 1.54) is 12.1 Å². The van der Waals surface area contributed by atoms with Gasteiger partial charge in [0, 0.05) is 11.8 Å². The Balaban J connectivity index is 1.53. The Morgan fingerprint density at radius 1 is 0.951 bits per heavy atom. The van der Waals surface area contributed by atoms with Gasteiger partial charge >= 0.3 is 12.4 Å². The van der Waals surface area contributed by atoms with E-state index in [0.29, 0.717) is 31.2 Å². The van der Waals surface area contributed by atoms with Crippen molar-refractivity contribution in [3.63, 3.8) is 0 Å². The number of aromatic nitrogens is 5. The van der Waals surface area contributed by atoms with Crippen LogP contribution in [0.4, 0.5) is 30.7 Å². The van der Waals surface area contributed by atoms with Crippen molar-refractivity contribution in [1.82, 2.24) is 25.0 Å². The Morgan fingerprint density at radius 2 is 1.66 bits per heavy atom. The molecule has 1 fully saturated rings. The van der Waals surface area contributed by atoms with E-state index in [-0.39, 0.29) is 45.3 Å². The van der Waals surface area contributed by atoms with Crippen LogP contribution < -0.4 is 5.56 Å². The highest BCUT2D eigenvalue weighted by atomic mass is 32.1. The lowest BCUT2D eigenvalue weighted by Crippen LogP contribution is -2.31. The molecule has 0 radical (unpaired) electrons. The lowest BCUT2D eigenvalue weighted by atomic mass is 9.75. The molecule has 0 aliphatic heterocycles.